The van der Waals surface area contributed by atoms with Crippen LogP contribution in [0.1, 0.15) is 27.2 Å². The fourth-order valence-electron chi connectivity index (χ4n) is 0.641. The molecule has 56 valence electrons. The Balaban J connectivity index is 3.80. The minimum absolute atomic E-state index is 0.294. The predicted molar refractivity (Wildman–Crippen MR) is 39.1 cm³/mol. The number of rotatable bonds is 3. The lowest BCUT2D eigenvalue weighted by Gasteiger charge is -2.27. The van der Waals surface area contributed by atoms with Crippen LogP contribution in [0.25, 0.3) is 0 Å². The summed E-state index contributed by atoms with van der Waals surface area (Å²) in [7, 11) is 0. The van der Waals surface area contributed by atoms with Crippen molar-refractivity contribution >= 4 is 0 Å². The second-order valence-electron chi connectivity index (χ2n) is 2.87. The third kappa shape index (κ3) is 2.33. The SMILES string of the molecule is CC[C@H](C)[C@](C)(O)CN. The van der Waals surface area contributed by atoms with Gasteiger partial charge in [0.25, 0.3) is 0 Å². The van der Waals surface area contributed by atoms with Crippen molar-refractivity contribution in [3.05, 3.63) is 0 Å². The minimum Gasteiger partial charge on any atom is -0.389 e. The third-order valence-corrected chi connectivity index (χ3v) is 2.09. The molecule has 3 N–H and O–H groups in total. The zero-order valence-electron chi connectivity index (χ0n) is 6.52. The van der Waals surface area contributed by atoms with E-state index in [2.05, 4.69) is 6.92 Å². The van der Waals surface area contributed by atoms with Crippen LogP contribution >= 0.6 is 0 Å². The summed E-state index contributed by atoms with van der Waals surface area (Å²) in [6, 6.07) is 0. The Bertz CT molecular complexity index is 81.0. The van der Waals surface area contributed by atoms with Gasteiger partial charge in [0.15, 0.2) is 0 Å². The standard InChI is InChI=1S/C7H17NO/c1-4-6(2)7(3,9)5-8/h6,9H,4-5,8H2,1-3H3/t6-,7+/m0/s1. The van der Waals surface area contributed by atoms with Crippen molar-refractivity contribution in [2.24, 2.45) is 11.7 Å². The first-order valence-corrected chi connectivity index (χ1v) is 3.47. The molecule has 0 aliphatic heterocycles. The topological polar surface area (TPSA) is 46.2 Å². The zero-order chi connectivity index (χ0) is 7.49. The summed E-state index contributed by atoms with van der Waals surface area (Å²) >= 11 is 0. The monoisotopic (exact) mass is 131 g/mol. The summed E-state index contributed by atoms with van der Waals surface area (Å²) in [6.45, 7) is 6.19. The Hall–Kier alpha value is -0.0800. The van der Waals surface area contributed by atoms with Crippen molar-refractivity contribution in [3.63, 3.8) is 0 Å². The molecule has 0 aromatic heterocycles. The molecule has 0 saturated heterocycles. The molecule has 0 unspecified atom stereocenters. The van der Waals surface area contributed by atoms with E-state index in [0.29, 0.717) is 12.5 Å². The highest BCUT2D eigenvalue weighted by Crippen LogP contribution is 2.17. The van der Waals surface area contributed by atoms with E-state index in [-0.39, 0.29) is 0 Å². The van der Waals surface area contributed by atoms with Crippen LogP contribution in [-0.4, -0.2) is 17.3 Å². The highest BCUT2D eigenvalue weighted by Gasteiger charge is 2.24. The van der Waals surface area contributed by atoms with E-state index < -0.39 is 5.60 Å². The van der Waals surface area contributed by atoms with Crippen molar-refractivity contribution in [3.8, 4) is 0 Å². The van der Waals surface area contributed by atoms with Crippen LogP contribution in [0, 0.1) is 5.92 Å². The Kier molecular flexibility index (Phi) is 3.15. The van der Waals surface area contributed by atoms with Gasteiger partial charge in [0.05, 0.1) is 5.60 Å². The molecule has 2 heteroatoms. The largest absolute Gasteiger partial charge is 0.389 e. The van der Waals surface area contributed by atoms with Gasteiger partial charge in [-0.15, -0.1) is 0 Å². The summed E-state index contributed by atoms with van der Waals surface area (Å²) in [4.78, 5) is 0. The molecule has 2 atom stereocenters. The average molecular weight is 131 g/mol. The lowest BCUT2D eigenvalue weighted by atomic mass is 9.89. The maximum atomic E-state index is 9.47. The van der Waals surface area contributed by atoms with Crippen LogP contribution in [0.15, 0.2) is 0 Å². The fraction of sp³-hybridized carbons (Fsp3) is 1.00. The van der Waals surface area contributed by atoms with Crippen molar-refractivity contribution in [1.29, 1.82) is 0 Å². The van der Waals surface area contributed by atoms with Crippen LogP contribution in [-0.2, 0) is 0 Å². The number of hydrogen-bond donors (Lipinski definition) is 2. The molecule has 0 aliphatic carbocycles. The molecule has 0 amide bonds. The maximum Gasteiger partial charge on any atom is 0.0766 e. The molecule has 2 nitrogen and oxygen atoms in total. The smallest absolute Gasteiger partial charge is 0.0766 e. The molecule has 9 heavy (non-hydrogen) atoms. The summed E-state index contributed by atoms with van der Waals surface area (Å²) in [5.41, 5.74) is 4.66. The number of nitrogens with two attached hydrogens (primary N) is 1. The normalized spacial score (nSPS) is 21.0. The summed E-state index contributed by atoms with van der Waals surface area (Å²) in [5.74, 6) is 0.294. The Morgan fingerprint density at radius 1 is 1.67 bits per heavy atom. The van der Waals surface area contributed by atoms with Crippen LogP contribution < -0.4 is 5.73 Å². The third-order valence-electron chi connectivity index (χ3n) is 2.09. The Labute approximate surface area is 57.1 Å². The van der Waals surface area contributed by atoms with Crippen molar-refractivity contribution in [1.82, 2.24) is 0 Å². The lowest BCUT2D eigenvalue weighted by Crippen LogP contribution is -2.40. The van der Waals surface area contributed by atoms with E-state index in [4.69, 9.17) is 5.73 Å². The molecule has 0 fully saturated rings. The molecule has 0 spiro atoms. The quantitative estimate of drug-likeness (QED) is 0.593. The molecule has 0 radical (unpaired) electrons. The van der Waals surface area contributed by atoms with Gasteiger partial charge in [-0.05, 0) is 12.8 Å². The Morgan fingerprint density at radius 2 is 2.11 bits per heavy atom. The zero-order valence-corrected chi connectivity index (χ0v) is 6.52. The summed E-state index contributed by atoms with van der Waals surface area (Å²) in [6.07, 6.45) is 0.976. The van der Waals surface area contributed by atoms with Crippen LogP contribution in [0.5, 0.6) is 0 Å². The van der Waals surface area contributed by atoms with E-state index in [1.165, 1.54) is 0 Å². The lowest BCUT2D eigenvalue weighted by molar-refractivity contribution is 0.0135. The van der Waals surface area contributed by atoms with E-state index in [1.54, 1.807) is 6.92 Å². The van der Waals surface area contributed by atoms with E-state index >= 15 is 0 Å². The van der Waals surface area contributed by atoms with E-state index in [9.17, 15) is 5.11 Å². The first kappa shape index (κ1) is 8.92. The Morgan fingerprint density at radius 3 is 2.22 bits per heavy atom. The van der Waals surface area contributed by atoms with Gasteiger partial charge >= 0.3 is 0 Å². The van der Waals surface area contributed by atoms with Crippen LogP contribution in [0.4, 0.5) is 0 Å². The molecule has 0 aromatic carbocycles. The molecule has 0 aromatic rings. The number of aliphatic hydroxyl groups is 1. The van der Waals surface area contributed by atoms with Gasteiger partial charge in [0, 0.05) is 6.54 Å². The average Bonchev–Trinajstić information content (AvgIpc) is 1.86. The second kappa shape index (κ2) is 3.18. The number of hydrogen-bond acceptors (Lipinski definition) is 2. The van der Waals surface area contributed by atoms with Gasteiger partial charge in [-0.25, -0.2) is 0 Å². The summed E-state index contributed by atoms with van der Waals surface area (Å²) in [5, 5.41) is 9.47. The van der Waals surface area contributed by atoms with E-state index in [1.807, 2.05) is 6.92 Å². The maximum absolute atomic E-state index is 9.47. The van der Waals surface area contributed by atoms with Gasteiger partial charge in [-0.2, -0.15) is 0 Å². The molecule has 0 bridgehead atoms. The minimum atomic E-state index is -0.672. The van der Waals surface area contributed by atoms with Crippen LogP contribution in [0.3, 0.4) is 0 Å². The highest BCUT2D eigenvalue weighted by atomic mass is 16.3. The molecular weight excluding hydrogens is 114 g/mol. The van der Waals surface area contributed by atoms with Crippen LogP contribution in [0.2, 0.25) is 0 Å². The van der Waals surface area contributed by atoms with Gasteiger partial charge in [0.1, 0.15) is 0 Å². The predicted octanol–water partition coefficient (Wildman–Crippen LogP) is 0.742. The van der Waals surface area contributed by atoms with Crippen molar-refractivity contribution in [2.45, 2.75) is 32.8 Å². The van der Waals surface area contributed by atoms with E-state index in [0.717, 1.165) is 6.42 Å². The van der Waals surface area contributed by atoms with Gasteiger partial charge in [-0.1, -0.05) is 20.3 Å². The molecule has 0 saturated carbocycles. The molecular formula is C7H17NO. The van der Waals surface area contributed by atoms with Gasteiger partial charge in [-0.3, -0.25) is 0 Å². The summed E-state index contributed by atoms with van der Waals surface area (Å²) < 4.78 is 0. The van der Waals surface area contributed by atoms with Gasteiger partial charge < -0.3 is 10.8 Å². The fourth-order valence-corrected chi connectivity index (χ4v) is 0.641. The second-order valence-corrected chi connectivity index (χ2v) is 2.87. The molecule has 0 aliphatic rings. The molecule has 0 heterocycles. The van der Waals surface area contributed by atoms with Gasteiger partial charge in [0.2, 0.25) is 0 Å². The first-order valence-electron chi connectivity index (χ1n) is 3.47. The molecule has 0 rings (SSSR count). The first-order chi connectivity index (χ1) is 4.04. The highest BCUT2D eigenvalue weighted by molar-refractivity contribution is 4.78. The van der Waals surface area contributed by atoms with Crippen molar-refractivity contribution in [2.75, 3.05) is 6.54 Å². The van der Waals surface area contributed by atoms with Crippen molar-refractivity contribution < 1.29 is 5.11 Å².